The highest BCUT2D eigenvalue weighted by Gasteiger charge is 2.23. The minimum atomic E-state index is -0.124. The quantitative estimate of drug-likeness (QED) is 0.850. The number of halogens is 1. The van der Waals surface area contributed by atoms with Gasteiger partial charge in [0.25, 0.3) is 5.91 Å². The summed E-state index contributed by atoms with van der Waals surface area (Å²) in [7, 11) is 0. The van der Waals surface area contributed by atoms with Gasteiger partial charge in [-0.3, -0.25) is 9.59 Å². The number of benzene rings is 1. The average Bonchev–Trinajstić information content (AvgIpc) is 2.74. The number of nitrogen functional groups attached to an aromatic ring is 1. The third-order valence-electron chi connectivity index (χ3n) is 3.68. The summed E-state index contributed by atoms with van der Waals surface area (Å²) in [5, 5.41) is 0.491. The van der Waals surface area contributed by atoms with Crippen molar-refractivity contribution in [2.45, 2.75) is 19.8 Å². The molecule has 1 heterocycles. The SMILES string of the molecule is CCC(=O)N1CCCN(C(=O)c2cc(Cl)ccc2N)CC1. The number of carbonyl (C=O) groups excluding carboxylic acids is 2. The molecule has 2 N–H and O–H groups in total. The molecule has 1 aliphatic heterocycles. The highest BCUT2D eigenvalue weighted by molar-refractivity contribution is 6.31. The lowest BCUT2D eigenvalue weighted by Gasteiger charge is -2.22. The van der Waals surface area contributed by atoms with Crippen molar-refractivity contribution in [3.8, 4) is 0 Å². The first-order valence-electron chi connectivity index (χ1n) is 7.15. The summed E-state index contributed by atoms with van der Waals surface area (Å²) in [5.41, 5.74) is 6.72. The second-order valence-electron chi connectivity index (χ2n) is 5.11. The van der Waals surface area contributed by atoms with Gasteiger partial charge in [0.15, 0.2) is 0 Å². The first-order valence-corrected chi connectivity index (χ1v) is 7.52. The average molecular weight is 310 g/mol. The Morgan fingerprint density at radius 3 is 2.57 bits per heavy atom. The van der Waals surface area contributed by atoms with Gasteiger partial charge in [-0.05, 0) is 24.6 Å². The first kappa shape index (κ1) is 15.6. The molecule has 1 fully saturated rings. The molecule has 0 atom stereocenters. The third-order valence-corrected chi connectivity index (χ3v) is 3.92. The molecule has 0 bridgehead atoms. The number of rotatable bonds is 2. The Balaban J connectivity index is 2.10. The number of nitrogens with two attached hydrogens (primary N) is 1. The summed E-state index contributed by atoms with van der Waals surface area (Å²) in [4.78, 5) is 27.9. The first-order chi connectivity index (χ1) is 10.0. The van der Waals surface area contributed by atoms with Crippen molar-refractivity contribution in [2.75, 3.05) is 31.9 Å². The molecule has 6 heteroatoms. The molecule has 0 radical (unpaired) electrons. The van der Waals surface area contributed by atoms with E-state index in [0.29, 0.717) is 48.9 Å². The molecular formula is C15H20ClN3O2. The predicted octanol–water partition coefficient (Wildman–Crippen LogP) is 2.01. The van der Waals surface area contributed by atoms with Crippen LogP contribution in [0.15, 0.2) is 18.2 Å². The maximum Gasteiger partial charge on any atom is 0.256 e. The van der Waals surface area contributed by atoms with Gasteiger partial charge in [0.2, 0.25) is 5.91 Å². The van der Waals surface area contributed by atoms with Crippen LogP contribution in [0.3, 0.4) is 0 Å². The third kappa shape index (κ3) is 3.67. The molecule has 0 spiro atoms. The van der Waals surface area contributed by atoms with Gasteiger partial charge in [-0.2, -0.15) is 0 Å². The van der Waals surface area contributed by atoms with Crippen LogP contribution in [0.5, 0.6) is 0 Å². The number of hydrogen-bond donors (Lipinski definition) is 1. The minimum Gasteiger partial charge on any atom is -0.398 e. The number of nitrogens with zero attached hydrogens (tertiary/aromatic N) is 2. The zero-order valence-electron chi connectivity index (χ0n) is 12.1. The topological polar surface area (TPSA) is 66.6 Å². The molecule has 0 unspecified atom stereocenters. The van der Waals surface area contributed by atoms with Gasteiger partial charge in [0.05, 0.1) is 5.56 Å². The van der Waals surface area contributed by atoms with E-state index in [1.54, 1.807) is 23.1 Å². The molecule has 0 saturated carbocycles. The van der Waals surface area contributed by atoms with Gasteiger partial charge in [0, 0.05) is 43.3 Å². The van der Waals surface area contributed by atoms with E-state index in [9.17, 15) is 9.59 Å². The van der Waals surface area contributed by atoms with E-state index in [0.717, 1.165) is 6.42 Å². The Hall–Kier alpha value is -1.75. The van der Waals surface area contributed by atoms with Crippen LogP contribution in [0.2, 0.25) is 5.02 Å². The molecule has 0 aliphatic carbocycles. The van der Waals surface area contributed by atoms with Crippen molar-refractivity contribution in [2.24, 2.45) is 0 Å². The summed E-state index contributed by atoms with van der Waals surface area (Å²) < 4.78 is 0. The van der Waals surface area contributed by atoms with Gasteiger partial charge < -0.3 is 15.5 Å². The molecule has 1 aromatic carbocycles. The Kier molecular flexibility index (Phi) is 5.07. The van der Waals surface area contributed by atoms with Crippen LogP contribution < -0.4 is 5.73 Å². The van der Waals surface area contributed by atoms with Gasteiger partial charge >= 0.3 is 0 Å². The molecule has 0 aromatic heterocycles. The maximum absolute atomic E-state index is 12.6. The van der Waals surface area contributed by atoms with Crippen molar-refractivity contribution in [1.29, 1.82) is 0 Å². The van der Waals surface area contributed by atoms with Crippen LogP contribution in [-0.2, 0) is 4.79 Å². The lowest BCUT2D eigenvalue weighted by atomic mass is 10.1. The zero-order valence-corrected chi connectivity index (χ0v) is 12.9. The molecule has 5 nitrogen and oxygen atoms in total. The van der Waals surface area contributed by atoms with Gasteiger partial charge in [-0.1, -0.05) is 18.5 Å². The molecule has 1 aliphatic rings. The predicted molar refractivity (Wildman–Crippen MR) is 83.3 cm³/mol. The van der Waals surface area contributed by atoms with Gasteiger partial charge in [-0.15, -0.1) is 0 Å². The normalized spacial score (nSPS) is 15.7. The minimum absolute atomic E-state index is 0.124. The maximum atomic E-state index is 12.6. The Morgan fingerprint density at radius 1 is 1.19 bits per heavy atom. The molecule has 1 aromatic rings. The van der Waals surface area contributed by atoms with E-state index in [-0.39, 0.29) is 11.8 Å². The Morgan fingerprint density at radius 2 is 1.86 bits per heavy atom. The number of anilines is 1. The van der Waals surface area contributed by atoms with Gasteiger partial charge in [0.1, 0.15) is 0 Å². The van der Waals surface area contributed by atoms with Crippen molar-refractivity contribution in [3.05, 3.63) is 28.8 Å². The van der Waals surface area contributed by atoms with Gasteiger partial charge in [-0.25, -0.2) is 0 Å². The number of carbonyl (C=O) groups is 2. The molecule has 2 rings (SSSR count). The van der Waals surface area contributed by atoms with Crippen molar-refractivity contribution < 1.29 is 9.59 Å². The van der Waals surface area contributed by atoms with Crippen molar-refractivity contribution in [1.82, 2.24) is 9.80 Å². The van der Waals surface area contributed by atoms with E-state index in [1.807, 2.05) is 11.8 Å². The van der Waals surface area contributed by atoms with E-state index in [4.69, 9.17) is 17.3 Å². The number of hydrogen-bond acceptors (Lipinski definition) is 3. The largest absolute Gasteiger partial charge is 0.398 e. The fourth-order valence-electron chi connectivity index (χ4n) is 2.48. The fraction of sp³-hybridized carbons (Fsp3) is 0.467. The van der Waals surface area contributed by atoms with Crippen LogP contribution in [0.4, 0.5) is 5.69 Å². The molecule has 1 saturated heterocycles. The van der Waals surface area contributed by atoms with Crippen LogP contribution in [0, 0.1) is 0 Å². The highest BCUT2D eigenvalue weighted by atomic mass is 35.5. The second-order valence-corrected chi connectivity index (χ2v) is 5.55. The second kappa shape index (κ2) is 6.80. The lowest BCUT2D eigenvalue weighted by Crippen LogP contribution is -2.37. The molecule has 2 amide bonds. The molecular weight excluding hydrogens is 290 g/mol. The summed E-state index contributed by atoms with van der Waals surface area (Å²) >= 11 is 5.94. The smallest absolute Gasteiger partial charge is 0.256 e. The van der Waals surface area contributed by atoms with E-state index in [1.165, 1.54) is 0 Å². The van der Waals surface area contributed by atoms with Crippen LogP contribution in [0.25, 0.3) is 0 Å². The van der Waals surface area contributed by atoms with Crippen molar-refractivity contribution >= 4 is 29.1 Å². The summed E-state index contributed by atoms with van der Waals surface area (Å²) in [5.74, 6) is 0.00682. The lowest BCUT2D eigenvalue weighted by molar-refractivity contribution is -0.130. The fourth-order valence-corrected chi connectivity index (χ4v) is 2.65. The monoisotopic (exact) mass is 309 g/mol. The number of amides is 2. The van der Waals surface area contributed by atoms with Crippen LogP contribution in [0.1, 0.15) is 30.1 Å². The summed E-state index contributed by atoms with van der Waals surface area (Å²) in [6.07, 6.45) is 1.27. The summed E-state index contributed by atoms with van der Waals surface area (Å²) in [6, 6.07) is 4.90. The van der Waals surface area contributed by atoms with Crippen LogP contribution in [-0.4, -0.2) is 47.8 Å². The standard InChI is InChI=1S/C15H20ClN3O2/c1-2-14(20)18-6-3-7-19(9-8-18)15(21)12-10-11(16)4-5-13(12)17/h4-5,10H,2-3,6-9,17H2,1H3. The molecule has 21 heavy (non-hydrogen) atoms. The van der Waals surface area contributed by atoms with Crippen molar-refractivity contribution in [3.63, 3.8) is 0 Å². The molecule has 114 valence electrons. The van der Waals surface area contributed by atoms with E-state index >= 15 is 0 Å². The van der Waals surface area contributed by atoms with Crippen LogP contribution >= 0.6 is 11.6 Å². The Bertz CT molecular complexity index is 548. The summed E-state index contributed by atoms with van der Waals surface area (Å²) in [6.45, 7) is 4.26. The van der Waals surface area contributed by atoms with E-state index in [2.05, 4.69) is 0 Å². The Labute approximate surface area is 129 Å². The highest BCUT2D eigenvalue weighted by Crippen LogP contribution is 2.20. The zero-order chi connectivity index (χ0) is 15.4. The van der Waals surface area contributed by atoms with E-state index < -0.39 is 0 Å².